The number of hydrogen-bond donors (Lipinski definition) is 4. The minimum Gasteiger partial charge on any atom is -0.481 e. The Labute approximate surface area is 295 Å². The molecule has 2 aromatic carbocycles. The molecule has 10 nitrogen and oxygen atoms in total. The standard InChI is InChI=1S/C37H39Cl2N5O5/c1-21(45)18-40-29-10-5-11-30-26(29)14-16-31(42-30)27-8-3-6-24(34(27)38)25-7-4-9-28(35(25)39)32-15-12-22(36(43-32)49-2)19-44(37(47)48)20-23-13-17-33(46)41-23/h3-4,6-9,12,14-16,21,23,29,40,45H,5,10-11,13,17-20H2,1-2H3,(H,41,46)(H,47,48)/t21?,23-,29?/m0/s1. The molecular formula is C37H39Cl2N5O5. The third-order valence-corrected chi connectivity index (χ3v) is 9.89. The molecule has 2 amide bonds. The lowest BCUT2D eigenvalue weighted by Crippen LogP contribution is -2.41. The zero-order chi connectivity index (χ0) is 34.7. The second kappa shape index (κ2) is 15.1. The Morgan fingerprint density at radius 3 is 2.24 bits per heavy atom. The average molecular weight is 705 g/mol. The van der Waals surface area contributed by atoms with Gasteiger partial charge < -0.3 is 30.5 Å². The Morgan fingerprint density at radius 1 is 0.980 bits per heavy atom. The van der Waals surface area contributed by atoms with Gasteiger partial charge in [0, 0.05) is 65.1 Å². The molecule has 0 bridgehead atoms. The fraction of sp³-hybridized carbons (Fsp3) is 0.351. The van der Waals surface area contributed by atoms with Gasteiger partial charge in [0.1, 0.15) is 0 Å². The number of aliphatic hydroxyl groups excluding tert-OH is 1. The van der Waals surface area contributed by atoms with Crippen LogP contribution in [-0.4, -0.2) is 69.4 Å². The number of nitrogens with one attached hydrogen (secondary N) is 2. The van der Waals surface area contributed by atoms with Crippen LogP contribution >= 0.6 is 23.2 Å². The number of aryl methyl sites for hydroxylation is 1. The van der Waals surface area contributed by atoms with Crippen molar-refractivity contribution in [2.24, 2.45) is 0 Å². The predicted molar refractivity (Wildman–Crippen MR) is 190 cm³/mol. The van der Waals surface area contributed by atoms with E-state index in [1.165, 1.54) is 12.0 Å². The van der Waals surface area contributed by atoms with Crippen LogP contribution in [0, 0.1) is 0 Å². The number of methoxy groups -OCH3 is 1. The van der Waals surface area contributed by atoms with Gasteiger partial charge in [-0.15, -0.1) is 0 Å². The normalized spacial score (nSPS) is 17.7. The molecule has 2 aromatic heterocycles. The maximum atomic E-state index is 12.1. The van der Waals surface area contributed by atoms with Crippen molar-refractivity contribution in [3.63, 3.8) is 0 Å². The summed E-state index contributed by atoms with van der Waals surface area (Å²) in [5.74, 6) is 0.209. The van der Waals surface area contributed by atoms with Gasteiger partial charge in [0.15, 0.2) is 0 Å². The van der Waals surface area contributed by atoms with E-state index in [-0.39, 0.29) is 37.0 Å². The summed E-state index contributed by atoms with van der Waals surface area (Å²) in [4.78, 5) is 34.7. The van der Waals surface area contributed by atoms with Crippen molar-refractivity contribution in [2.45, 2.75) is 63.8 Å². The Balaban J connectivity index is 1.27. The second-order valence-corrected chi connectivity index (χ2v) is 13.4. The first-order valence-corrected chi connectivity index (χ1v) is 17.2. The first kappa shape index (κ1) is 34.6. The summed E-state index contributed by atoms with van der Waals surface area (Å²) in [6.07, 6.45) is 2.35. The smallest absolute Gasteiger partial charge is 0.407 e. The quantitative estimate of drug-likeness (QED) is 0.132. The fourth-order valence-corrected chi connectivity index (χ4v) is 7.27. The number of nitrogens with zero attached hydrogens (tertiary/aromatic N) is 3. The maximum Gasteiger partial charge on any atom is 0.407 e. The van der Waals surface area contributed by atoms with Gasteiger partial charge in [-0.25, -0.2) is 9.78 Å². The van der Waals surface area contributed by atoms with Crippen molar-refractivity contribution < 1.29 is 24.5 Å². The van der Waals surface area contributed by atoms with Crippen molar-refractivity contribution in [3.05, 3.63) is 87.5 Å². The Hall–Kier alpha value is -4.22. The molecular weight excluding hydrogens is 665 g/mol. The molecule has 3 atom stereocenters. The van der Waals surface area contributed by atoms with Gasteiger partial charge in [-0.2, -0.15) is 0 Å². The summed E-state index contributed by atoms with van der Waals surface area (Å²) in [5.41, 5.74) is 7.06. The van der Waals surface area contributed by atoms with E-state index < -0.39 is 12.2 Å². The van der Waals surface area contributed by atoms with Gasteiger partial charge >= 0.3 is 6.09 Å². The number of pyridine rings is 2. The Bertz CT molecular complexity index is 1870. The Morgan fingerprint density at radius 2 is 1.63 bits per heavy atom. The lowest BCUT2D eigenvalue weighted by molar-refractivity contribution is -0.119. The number of rotatable bonds is 11. The van der Waals surface area contributed by atoms with E-state index in [1.54, 1.807) is 19.1 Å². The molecule has 2 unspecified atom stereocenters. The SMILES string of the molecule is COc1nc(-c2cccc(-c3cccc(-c4ccc5c(n4)CCCC5NCC(C)O)c3Cl)c2Cl)ccc1CN(C[C@@H]1CCC(=O)N1)C(=O)O. The van der Waals surface area contributed by atoms with Crippen LogP contribution in [0.25, 0.3) is 33.6 Å². The highest BCUT2D eigenvalue weighted by atomic mass is 35.5. The molecule has 1 fully saturated rings. The largest absolute Gasteiger partial charge is 0.481 e. The third kappa shape index (κ3) is 7.68. The van der Waals surface area contributed by atoms with E-state index in [0.29, 0.717) is 46.3 Å². The van der Waals surface area contributed by atoms with Crippen molar-refractivity contribution in [3.8, 4) is 39.5 Å². The highest BCUT2D eigenvalue weighted by Gasteiger charge is 2.27. The van der Waals surface area contributed by atoms with Crippen molar-refractivity contribution >= 4 is 35.2 Å². The van der Waals surface area contributed by atoms with Crippen LogP contribution in [0.15, 0.2) is 60.7 Å². The molecule has 49 heavy (non-hydrogen) atoms. The maximum absolute atomic E-state index is 12.1. The van der Waals surface area contributed by atoms with Crippen LogP contribution in [0.4, 0.5) is 4.79 Å². The number of hydrogen-bond acceptors (Lipinski definition) is 7. The molecule has 1 saturated heterocycles. The lowest BCUT2D eigenvalue weighted by Gasteiger charge is -2.27. The van der Waals surface area contributed by atoms with Gasteiger partial charge in [-0.05, 0) is 56.4 Å². The van der Waals surface area contributed by atoms with Crippen molar-refractivity contribution in [2.75, 3.05) is 20.2 Å². The first-order valence-electron chi connectivity index (χ1n) is 16.4. The number of amides is 2. The molecule has 0 radical (unpaired) electrons. The predicted octanol–water partition coefficient (Wildman–Crippen LogP) is 6.90. The number of carboxylic acid groups (broad SMARTS) is 1. The van der Waals surface area contributed by atoms with Gasteiger partial charge in [-0.3, -0.25) is 9.78 Å². The molecule has 0 spiro atoms. The average Bonchev–Trinajstić information content (AvgIpc) is 3.51. The molecule has 4 N–H and O–H groups in total. The van der Waals surface area contributed by atoms with E-state index in [1.807, 2.05) is 42.5 Å². The number of benzene rings is 2. The van der Waals surface area contributed by atoms with Crippen molar-refractivity contribution in [1.82, 2.24) is 25.5 Å². The number of aliphatic hydroxyl groups is 1. The molecule has 1 aliphatic carbocycles. The van der Waals surface area contributed by atoms with Gasteiger partial charge in [0.2, 0.25) is 11.8 Å². The summed E-state index contributed by atoms with van der Waals surface area (Å²) in [6, 6.07) is 19.1. The van der Waals surface area contributed by atoms with Crippen LogP contribution in [0.5, 0.6) is 5.88 Å². The second-order valence-electron chi connectivity index (χ2n) is 12.6. The summed E-state index contributed by atoms with van der Waals surface area (Å²) in [7, 11) is 1.49. The van der Waals surface area contributed by atoms with E-state index >= 15 is 0 Å². The number of aromatic nitrogens is 2. The molecule has 2 aliphatic rings. The van der Waals surface area contributed by atoms with Crippen LogP contribution in [0.1, 0.15) is 55.5 Å². The third-order valence-electron chi connectivity index (χ3n) is 9.08. The minimum atomic E-state index is -1.10. The number of fused-ring (bicyclic) bond motifs is 1. The zero-order valence-electron chi connectivity index (χ0n) is 27.4. The molecule has 0 saturated carbocycles. The van der Waals surface area contributed by atoms with Gasteiger partial charge in [0.25, 0.3) is 0 Å². The van der Waals surface area contributed by atoms with E-state index in [2.05, 4.69) is 16.7 Å². The zero-order valence-corrected chi connectivity index (χ0v) is 28.9. The number of halogens is 2. The molecule has 4 aromatic rings. The van der Waals surface area contributed by atoms with Crippen molar-refractivity contribution in [1.29, 1.82) is 0 Å². The highest BCUT2D eigenvalue weighted by molar-refractivity contribution is 6.39. The number of carbonyl (C=O) groups is 2. The summed E-state index contributed by atoms with van der Waals surface area (Å²) in [6.45, 7) is 2.52. The molecule has 12 heteroatoms. The fourth-order valence-electron chi connectivity index (χ4n) is 6.62. The molecule has 3 heterocycles. The lowest BCUT2D eigenvalue weighted by atomic mass is 9.90. The number of carbonyl (C=O) groups excluding carboxylic acids is 1. The highest BCUT2D eigenvalue weighted by Crippen LogP contribution is 2.42. The molecule has 256 valence electrons. The summed E-state index contributed by atoms with van der Waals surface area (Å²) in [5, 5.41) is 26.9. The molecule has 1 aliphatic heterocycles. The monoisotopic (exact) mass is 703 g/mol. The Kier molecular flexibility index (Phi) is 10.7. The van der Waals surface area contributed by atoms with Crippen LogP contribution in [0.2, 0.25) is 10.0 Å². The van der Waals surface area contributed by atoms with Gasteiger partial charge in [0.05, 0.1) is 41.2 Å². The van der Waals surface area contributed by atoms with E-state index in [0.717, 1.165) is 52.9 Å². The van der Waals surface area contributed by atoms with E-state index in [9.17, 15) is 19.8 Å². The summed E-state index contributed by atoms with van der Waals surface area (Å²) >= 11 is 14.2. The minimum absolute atomic E-state index is 0.0457. The topological polar surface area (TPSA) is 137 Å². The first-order chi connectivity index (χ1) is 23.6. The van der Waals surface area contributed by atoms with Gasteiger partial charge in [-0.1, -0.05) is 65.7 Å². The summed E-state index contributed by atoms with van der Waals surface area (Å²) < 4.78 is 5.60. The van der Waals surface area contributed by atoms with Crippen LogP contribution in [-0.2, 0) is 17.8 Å². The molecule has 6 rings (SSSR count). The van der Waals surface area contributed by atoms with E-state index in [4.69, 9.17) is 37.9 Å². The van der Waals surface area contributed by atoms with Crippen LogP contribution in [0.3, 0.4) is 0 Å². The van der Waals surface area contributed by atoms with Crippen LogP contribution < -0.4 is 15.4 Å². The number of ether oxygens (including phenoxy) is 1.